The summed E-state index contributed by atoms with van der Waals surface area (Å²) in [5, 5.41) is 34.6. The van der Waals surface area contributed by atoms with Gasteiger partial charge in [-0.1, -0.05) is 13.5 Å². The lowest BCUT2D eigenvalue weighted by Crippen LogP contribution is -2.76. The second kappa shape index (κ2) is 4.78. The van der Waals surface area contributed by atoms with Gasteiger partial charge in [0.2, 0.25) is 5.91 Å². The van der Waals surface area contributed by atoms with E-state index in [1.807, 2.05) is 0 Å². The number of nitrogens with one attached hydrogen (secondary N) is 1. The van der Waals surface area contributed by atoms with E-state index in [2.05, 4.69) is 11.9 Å². The van der Waals surface area contributed by atoms with Gasteiger partial charge in [0.05, 0.1) is 16.8 Å². The third-order valence-corrected chi connectivity index (χ3v) is 5.69. The van der Waals surface area contributed by atoms with Crippen LogP contribution in [-0.2, 0) is 14.3 Å². The maximum absolute atomic E-state index is 12.1. The van der Waals surface area contributed by atoms with Crippen LogP contribution in [0.15, 0.2) is 12.7 Å². The van der Waals surface area contributed by atoms with Crippen molar-refractivity contribution < 1.29 is 29.6 Å². The molecule has 4 fully saturated rings. The quantitative estimate of drug-likeness (QED) is 0.405. The van der Waals surface area contributed by atoms with Gasteiger partial charge in [-0.25, -0.2) is 0 Å². The molecule has 3 atom stereocenters. The third-order valence-electron chi connectivity index (χ3n) is 5.69. The minimum atomic E-state index is -1.26. The highest BCUT2D eigenvalue weighted by Gasteiger charge is 2.72. The summed E-state index contributed by atoms with van der Waals surface area (Å²) in [6.45, 7) is 4.75. The van der Waals surface area contributed by atoms with Crippen molar-refractivity contribution in [2.75, 3.05) is 6.54 Å². The van der Waals surface area contributed by atoms with Crippen molar-refractivity contribution in [3.63, 3.8) is 0 Å². The second-order valence-electron chi connectivity index (χ2n) is 7.62. The molecule has 4 rings (SSSR count). The Bertz CT molecular complexity index is 555. The fraction of sp³-hybridized carbons (Fsp3) is 0.750. The molecule has 0 aromatic rings. The number of hydrogen-bond acceptors (Lipinski definition) is 6. The Kier molecular flexibility index (Phi) is 3.41. The average Bonchev–Trinajstić information content (AvgIpc) is 2.38. The first-order valence-corrected chi connectivity index (χ1v) is 7.83. The molecule has 4 N–H and O–H groups in total. The second-order valence-corrected chi connectivity index (χ2v) is 7.62. The van der Waals surface area contributed by atoms with Crippen LogP contribution in [-0.4, -0.2) is 56.1 Å². The van der Waals surface area contributed by atoms with Gasteiger partial charge in [0.1, 0.15) is 12.1 Å². The molecular weight excluding hydrogens is 302 g/mol. The molecule has 0 aromatic carbocycles. The van der Waals surface area contributed by atoms with Gasteiger partial charge >= 0.3 is 5.97 Å². The fourth-order valence-corrected chi connectivity index (χ4v) is 5.12. The lowest BCUT2D eigenvalue weighted by atomic mass is 9.45. The zero-order valence-electron chi connectivity index (χ0n) is 13.2. The van der Waals surface area contributed by atoms with Crippen molar-refractivity contribution >= 4 is 11.9 Å². The van der Waals surface area contributed by atoms with Crippen LogP contribution in [0.25, 0.3) is 0 Å². The van der Waals surface area contributed by atoms with E-state index in [9.17, 15) is 24.9 Å². The summed E-state index contributed by atoms with van der Waals surface area (Å²) in [5.41, 5.74) is -4.86. The van der Waals surface area contributed by atoms with Gasteiger partial charge in [0, 0.05) is 38.0 Å². The predicted octanol–water partition coefficient (Wildman–Crippen LogP) is -0.609. The van der Waals surface area contributed by atoms with Gasteiger partial charge in [0.25, 0.3) is 0 Å². The number of amides is 1. The number of ether oxygens (including phenoxy) is 1. The lowest BCUT2D eigenvalue weighted by molar-refractivity contribution is -0.325. The Morgan fingerprint density at radius 1 is 1.17 bits per heavy atom. The molecule has 0 aromatic heterocycles. The Morgan fingerprint density at radius 2 is 1.74 bits per heavy atom. The van der Waals surface area contributed by atoms with E-state index in [0.29, 0.717) is 0 Å². The van der Waals surface area contributed by atoms with E-state index in [1.54, 1.807) is 6.92 Å². The van der Waals surface area contributed by atoms with Gasteiger partial charge in [-0.3, -0.25) is 9.59 Å². The van der Waals surface area contributed by atoms with Crippen LogP contribution in [0.5, 0.6) is 0 Å². The predicted molar refractivity (Wildman–Crippen MR) is 79.1 cm³/mol. The summed E-state index contributed by atoms with van der Waals surface area (Å²) in [7, 11) is 0. The van der Waals surface area contributed by atoms with Gasteiger partial charge < -0.3 is 25.4 Å². The molecular formula is C16H23NO6. The van der Waals surface area contributed by atoms with Crippen molar-refractivity contribution in [2.45, 2.75) is 61.4 Å². The van der Waals surface area contributed by atoms with Crippen LogP contribution in [0.3, 0.4) is 0 Å². The van der Waals surface area contributed by atoms with Crippen molar-refractivity contribution in [1.82, 2.24) is 5.32 Å². The summed E-state index contributed by atoms with van der Waals surface area (Å²) in [6.07, 6.45) is 1.96. The van der Waals surface area contributed by atoms with Crippen LogP contribution >= 0.6 is 0 Å². The molecule has 0 saturated heterocycles. The third kappa shape index (κ3) is 2.56. The molecule has 7 heteroatoms. The molecule has 0 aliphatic heterocycles. The highest BCUT2D eigenvalue weighted by molar-refractivity contribution is 5.89. The van der Waals surface area contributed by atoms with Crippen LogP contribution in [0.2, 0.25) is 0 Å². The minimum absolute atomic E-state index is 0.177. The summed E-state index contributed by atoms with van der Waals surface area (Å²) in [4.78, 5) is 23.2. The molecule has 4 aliphatic rings. The summed E-state index contributed by atoms with van der Waals surface area (Å²) < 4.78 is 5.59. The first-order chi connectivity index (χ1) is 10.5. The zero-order chi connectivity index (χ0) is 17.1. The molecule has 3 unspecified atom stereocenters. The maximum Gasteiger partial charge on any atom is 0.325 e. The Morgan fingerprint density at radius 3 is 2.26 bits per heavy atom. The van der Waals surface area contributed by atoms with Gasteiger partial charge in [0.15, 0.2) is 0 Å². The molecule has 4 bridgehead atoms. The normalized spacial score (nSPS) is 47.2. The summed E-state index contributed by atoms with van der Waals surface area (Å²) in [5.74, 6) is -1.56. The molecule has 0 spiro atoms. The number of rotatable bonds is 4. The monoisotopic (exact) mass is 325 g/mol. The van der Waals surface area contributed by atoms with Gasteiger partial charge in [-0.15, -0.1) is 0 Å². The number of aliphatic hydroxyl groups is 3. The molecule has 1 amide bonds. The Hall–Kier alpha value is -1.44. The molecule has 23 heavy (non-hydrogen) atoms. The fourth-order valence-electron chi connectivity index (χ4n) is 5.12. The SMILES string of the molecule is C=CC(=O)NCC(=O)OC12CC3(O)CC(O)(CC(O)(C3)C1C)C2. The largest absolute Gasteiger partial charge is 0.457 e. The average molecular weight is 325 g/mol. The van der Waals surface area contributed by atoms with Crippen LogP contribution in [0, 0.1) is 5.92 Å². The van der Waals surface area contributed by atoms with E-state index in [1.165, 1.54) is 0 Å². The van der Waals surface area contributed by atoms with E-state index >= 15 is 0 Å². The number of esters is 1. The van der Waals surface area contributed by atoms with Crippen molar-refractivity contribution in [3.05, 3.63) is 12.7 Å². The molecule has 128 valence electrons. The van der Waals surface area contributed by atoms with E-state index < -0.39 is 40.2 Å². The summed E-state index contributed by atoms with van der Waals surface area (Å²) in [6, 6.07) is 0. The van der Waals surface area contributed by atoms with Crippen molar-refractivity contribution in [3.8, 4) is 0 Å². The van der Waals surface area contributed by atoms with Gasteiger partial charge in [-0.05, 0) is 6.08 Å². The minimum Gasteiger partial charge on any atom is -0.457 e. The number of hydrogen-bond donors (Lipinski definition) is 4. The standard InChI is InChI=1S/C16H23NO6/c1-3-11(18)17-4-12(19)23-16-8-13(20)5-14(21,9-16)7-15(22,6-13)10(16)2/h3,10,20-22H,1,4-9H2,2H3,(H,17,18). The van der Waals surface area contributed by atoms with Crippen molar-refractivity contribution in [2.24, 2.45) is 5.92 Å². The molecule has 4 saturated carbocycles. The number of carbonyl (C=O) groups is 2. The first-order valence-electron chi connectivity index (χ1n) is 7.83. The highest BCUT2D eigenvalue weighted by Crippen LogP contribution is 2.64. The van der Waals surface area contributed by atoms with Crippen LogP contribution in [0.4, 0.5) is 0 Å². The van der Waals surface area contributed by atoms with E-state index in [-0.39, 0.29) is 38.6 Å². The topological polar surface area (TPSA) is 116 Å². The zero-order valence-corrected chi connectivity index (χ0v) is 13.2. The van der Waals surface area contributed by atoms with E-state index in [0.717, 1.165) is 6.08 Å². The van der Waals surface area contributed by atoms with Crippen LogP contribution in [0.1, 0.15) is 39.0 Å². The lowest BCUT2D eigenvalue weighted by Gasteiger charge is -2.67. The van der Waals surface area contributed by atoms with E-state index in [4.69, 9.17) is 4.74 Å². The molecule has 0 radical (unpaired) electrons. The molecule has 7 nitrogen and oxygen atoms in total. The first kappa shape index (κ1) is 16.4. The Balaban J connectivity index is 1.81. The van der Waals surface area contributed by atoms with Gasteiger partial charge in [-0.2, -0.15) is 0 Å². The molecule has 4 aliphatic carbocycles. The molecule has 0 heterocycles. The number of carbonyl (C=O) groups excluding carboxylic acids is 2. The summed E-state index contributed by atoms with van der Waals surface area (Å²) >= 11 is 0. The Labute approximate surface area is 134 Å². The van der Waals surface area contributed by atoms with Crippen molar-refractivity contribution in [1.29, 1.82) is 0 Å². The maximum atomic E-state index is 12.1. The smallest absolute Gasteiger partial charge is 0.325 e. The highest BCUT2D eigenvalue weighted by atomic mass is 16.6. The van der Waals surface area contributed by atoms with Crippen LogP contribution < -0.4 is 5.32 Å².